The lowest BCUT2D eigenvalue weighted by atomic mass is 9.94. The number of benzene rings is 2. The molecule has 0 aromatic heterocycles. The zero-order chi connectivity index (χ0) is 16.9. The van der Waals surface area contributed by atoms with E-state index >= 15 is 0 Å². The molecule has 1 N–H and O–H groups in total. The van der Waals surface area contributed by atoms with Crippen LogP contribution in [0.2, 0.25) is 0 Å². The van der Waals surface area contributed by atoms with Crippen molar-refractivity contribution in [1.82, 2.24) is 0 Å². The van der Waals surface area contributed by atoms with E-state index in [1.807, 2.05) is 0 Å². The number of methoxy groups -OCH3 is 1. The van der Waals surface area contributed by atoms with Gasteiger partial charge in [-0.25, -0.2) is 0 Å². The summed E-state index contributed by atoms with van der Waals surface area (Å²) in [5, 5.41) is 21.6. The molecule has 2 aliphatic heterocycles. The highest BCUT2D eigenvalue weighted by Crippen LogP contribution is 2.52. The molecule has 0 saturated heterocycles. The molecule has 0 saturated carbocycles. The fourth-order valence-electron chi connectivity index (χ4n) is 3.27. The second-order valence-electron chi connectivity index (χ2n) is 5.85. The van der Waals surface area contributed by atoms with Gasteiger partial charge in [0.2, 0.25) is 0 Å². The van der Waals surface area contributed by atoms with Crippen molar-refractivity contribution in [3.05, 3.63) is 57.6 Å². The van der Waals surface area contributed by atoms with Crippen LogP contribution in [0.15, 0.2) is 36.4 Å². The van der Waals surface area contributed by atoms with E-state index in [1.165, 1.54) is 19.2 Å². The van der Waals surface area contributed by atoms with E-state index in [0.29, 0.717) is 35.7 Å². The van der Waals surface area contributed by atoms with Gasteiger partial charge in [-0.1, -0.05) is 12.1 Å². The number of aliphatic hydroxyl groups is 1. The summed E-state index contributed by atoms with van der Waals surface area (Å²) in [6, 6.07) is 9.73. The van der Waals surface area contributed by atoms with Gasteiger partial charge in [0.05, 0.1) is 12.0 Å². The number of hydrogen-bond donors (Lipinski definition) is 1. The van der Waals surface area contributed by atoms with Crippen LogP contribution in [0.4, 0.5) is 5.69 Å². The average Bonchev–Trinajstić information content (AvgIpc) is 2.86. The van der Waals surface area contributed by atoms with E-state index in [4.69, 9.17) is 14.2 Å². The maximum absolute atomic E-state index is 10.9. The molecule has 2 heterocycles. The number of para-hydroxylation sites is 1. The topological polar surface area (TPSA) is 91.1 Å². The lowest BCUT2D eigenvalue weighted by Crippen LogP contribution is -2.47. The standard InChI is InChI=1S/C17H15NO6/c1-22-14-4-2-3-12-15(14)24-17(16(12)19)8-7-10-9-11(18(20)21)5-6-13(10)23-17/h2-6,9,16,19H,7-8H2,1H3/t16-,17+/m0/s1. The number of nitrogens with zero attached hydrogens (tertiary/aromatic N) is 1. The van der Waals surface area contributed by atoms with Gasteiger partial charge in [0, 0.05) is 29.7 Å². The summed E-state index contributed by atoms with van der Waals surface area (Å²) in [5.74, 6) is 0.247. The van der Waals surface area contributed by atoms with Crippen molar-refractivity contribution in [1.29, 1.82) is 0 Å². The quantitative estimate of drug-likeness (QED) is 0.673. The highest BCUT2D eigenvalue weighted by Gasteiger charge is 2.53. The number of ether oxygens (including phenoxy) is 3. The Kier molecular flexibility index (Phi) is 3.14. The monoisotopic (exact) mass is 329 g/mol. The van der Waals surface area contributed by atoms with Crippen LogP contribution in [-0.4, -0.2) is 22.9 Å². The number of fused-ring (bicyclic) bond motifs is 2. The molecule has 2 aromatic rings. The molecule has 124 valence electrons. The van der Waals surface area contributed by atoms with Crippen LogP contribution in [0.1, 0.15) is 23.7 Å². The maximum Gasteiger partial charge on any atom is 0.281 e. The van der Waals surface area contributed by atoms with Crippen LogP contribution in [0, 0.1) is 10.1 Å². The first kappa shape index (κ1) is 14.8. The highest BCUT2D eigenvalue weighted by molar-refractivity contribution is 5.53. The number of rotatable bonds is 2. The summed E-state index contributed by atoms with van der Waals surface area (Å²) < 4.78 is 17.2. The average molecular weight is 329 g/mol. The zero-order valence-electron chi connectivity index (χ0n) is 12.9. The van der Waals surface area contributed by atoms with E-state index in [0.717, 1.165) is 5.56 Å². The Hall–Kier alpha value is -2.80. The Morgan fingerprint density at radius 3 is 2.92 bits per heavy atom. The number of nitro benzene ring substituents is 1. The zero-order valence-corrected chi connectivity index (χ0v) is 12.9. The lowest BCUT2D eigenvalue weighted by Gasteiger charge is -2.36. The number of non-ortho nitro benzene ring substituents is 1. The van der Waals surface area contributed by atoms with E-state index in [1.54, 1.807) is 24.3 Å². The first-order valence-electron chi connectivity index (χ1n) is 7.54. The van der Waals surface area contributed by atoms with Crippen LogP contribution in [0.5, 0.6) is 17.2 Å². The Labute approximate surface area is 137 Å². The summed E-state index contributed by atoms with van der Waals surface area (Å²) in [4.78, 5) is 10.5. The molecule has 0 radical (unpaired) electrons. The summed E-state index contributed by atoms with van der Waals surface area (Å²) in [6.45, 7) is 0. The maximum atomic E-state index is 10.9. The molecule has 2 aliphatic rings. The molecule has 0 aliphatic carbocycles. The van der Waals surface area contributed by atoms with Crippen molar-refractivity contribution in [2.24, 2.45) is 0 Å². The van der Waals surface area contributed by atoms with Crippen molar-refractivity contribution in [2.75, 3.05) is 7.11 Å². The third-order valence-corrected chi connectivity index (χ3v) is 4.50. The van der Waals surface area contributed by atoms with E-state index < -0.39 is 16.8 Å². The molecule has 2 aromatic carbocycles. The summed E-state index contributed by atoms with van der Waals surface area (Å²) in [6.07, 6.45) is -0.0872. The first-order valence-corrected chi connectivity index (χ1v) is 7.54. The largest absolute Gasteiger partial charge is 0.493 e. The molecule has 1 spiro atoms. The third kappa shape index (κ3) is 2.01. The third-order valence-electron chi connectivity index (χ3n) is 4.50. The SMILES string of the molecule is COc1cccc2c1O[C@]1(CCc3cc([N+](=O)[O-])ccc3O1)[C@H]2O. The normalized spacial score (nSPS) is 23.8. The van der Waals surface area contributed by atoms with Gasteiger partial charge >= 0.3 is 0 Å². The second-order valence-corrected chi connectivity index (χ2v) is 5.85. The summed E-state index contributed by atoms with van der Waals surface area (Å²) in [5.41, 5.74) is 1.36. The van der Waals surface area contributed by atoms with Gasteiger partial charge in [-0.05, 0) is 18.6 Å². The number of aryl methyl sites for hydroxylation is 1. The molecule has 0 amide bonds. The van der Waals surface area contributed by atoms with Crippen molar-refractivity contribution < 1.29 is 24.2 Å². The van der Waals surface area contributed by atoms with Gasteiger partial charge in [-0.2, -0.15) is 0 Å². The van der Waals surface area contributed by atoms with Crippen LogP contribution in [-0.2, 0) is 6.42 Å². The predicted octanol–water partition coefficient (Wildman–Crippen LogP) is 2.75. The summed E-state index contributed by atoms with van der Waals surface area (Å²) >= 11 is 0. The van der Waals surface area contributed by atoms with Gasteiger partial charge in [0.15, 0.2) is 17.6 Å². The highest BCUT2D eigenvalue weighted by atomic mass is 16.7. The minimum atomic E-state index is -1.24. The molecule has 0 unspecified atom stereocenters. The predicted molar refractivity (Wildman–Crippen MR) is 83.4 cm³/mol. The number of nitro groups is 1. The van der Waals surface area contributed by atoms with Gasteiger partial charge in [-0.3, -0.25) is 10.1 Å². The van der Waals surface area contributed by atoms with E-state index in [-0.39, 0.29) is 5.69 Å². The Morgan fingerprint density at radius 2 is 2.17 bits per heavy atom. The molecular formula is C17H15NO6. The van der Waals surface area contributed by atoms with Crippen LogP contribution in [0.25, 0.3) is 0 Å². The number of aliphatic hydroxyl groups excluding tert-OH is 1. The minimum absolute atomic E-state index is 0.0196. The van der Waals surface area contributed by atoms with Crippen molar-refractivity contribution >= 4 is 5.69 Å². The molecule has 0 bridgehead atoms. The molecule has 2 atom stereocenters. The Bertz CT molecular complexity index is 836. The molecule has 7 nitrogen and oxygen atoms in total. The van der Waals surface area contributed by atoms with Gasteiger partial charge in [0.25, 0.3) is 11.5 Å². The fourth-order valence-corrected chi connectivity index (χ4v) is 3.27. The second kappa shape index (κ2) is 5.10. The fraction of sp³-hybridized carbons (Fsp3) is 0.294. The van der Waals surface area contributed by atoms with Crippen molar-refractivity contribution in [3.8, 4) is 17.2 Å². The smallest absolute Gasteiger partial charge is 0.281 e. The van der Waals surface area contributed by atoms with E-state index in [9.17, 15) is 15.2 Å². The van der Waals surface area contributed by atoms with Crippen LogP contribution >= 0.6 is 0 Å². The molecule has 0 fully saturated rings. The Balaban J connectivity index is 1.71. The van der Waals surface area contributed by atoms with Crippen LogP contribution < -0.4 is 14.2 Å². The van der Waals surface area contributed by atoms with Crippen LogP contribution in [0.3, 0.4) is 0 Å². The van der Waals surface area contributed by atoms with Crippen molar-refractivity contribution in [2.45, 2.75) is 24.7 Å². The van der Waals surface area contributed by atoms with Crippen molar-refractivity contribution in [3.63, 3.8) is 0 Å². The van der Waals surface area contributed by atoms with Gasteiger partial charge in [0.1, 0.15) is 5.75 Å². The summed E-state index contributed by atoms with van der Waals surface area (Å²) in [7, 11) is 1.53. The lowest BCUT2D eigenvalue weighted by molar-refractivity contribution is -0.385. The first-order chi connectivity index (χ1) is 11.5. The minimum Gasteiger partial charge on any atom is -0.493 e. The molecule has 7 heteroatoms. The molecular weight excluding hydrogens is 314 g/mol. The number of hydrogen-bond acceptors (Lipinski definition) is 6. The van der Waals surface area contributed by atoms with Gasteiger partial charge < -0.3 is 19.3 Å². The molecule has 24 heavy (non-hydrogen) atoms. The van der Waals surface area contributed by atoms with Gasteiger partial charge in [-0.15, -0.1) is 0 Å². The molecule has 4 rings (SSSR count). The van der Waals surface area contributed by atoms with E-state index in [2.05, 4.69) is 0 Å². The Morgan fingerprint density at radius 1 is 1.33 bits per heavy atom.